The van der Waals surface area contributed by atoms with Crippen molar-refractivity contribution in [3.8, 4) is 0 Å². The molecule has 3 unspecified atom stereocenters. The lowest BCUT2D eigenvalue weighted by Gasteiger charge is -2.21. The van der Waals surface area contributed by atoms with Crippen LogP contribution in [0.1, 0.15) is 52.4 Å². The maximum atomic E-state index is 12.0. The molecule has 0 aromatic heterocycles. The van der Waals surface area contributed by atoms with E-state index in [1.165, 1.54) is 12.8 Å². The second-order valence-corrected chi connectivity index (χ2v) is 5.17. The van der Waals surface area contributed by atoms with E-state index in [0.717, 1.165) is 32.2 Å². The lowest BCUT2D eigenvalue weighted by molar-refractivity contribution is -0.126. The molecule has 1 saturated carbocycles. The van der Waals surface area contributed by atoms with Gasteiger partial charge in [0.1, 0.15) is 0 Å². The van der Waals surface area contributed by atoms with Crippen LogP contribution in [0.5, 0.6) is 0 Å². The van der Waals surface area contributed by atoms with Crippen molar-refractivity contribution in [1.29, 1.82) is 0 Å². The molecule has 3 heteroatoms. The number of carbonyl (C=O) groups excluding carboxylic acids is 1. The first-order valence-electron chi connectivity index (χ1n) is 6.68. The molecule has 0 aromatic carbocycles. The maximum absolute atomic E-state index is 12.0. The predicted octanol–water partition coefficient (Wildman–Crippen LogP) is 2.06. The molecule has 0 aromatic rings. The Morgan fingerprint density at radius 2 is 2.06 bits per heavy atom. The minimum Gasteiger partial charge on any atom is -0.356 e. The minimum absolute atomic E-state index is 0.0477. The van der Waals surface area contributed by atoms with E-state index in [1.807, 2.05) is 0 Å². The summed E-state index contributed by atoms with van der Waals surface area (Å²) in [4.78, 5) is 12.0. The van der Waals surface area contributed by atoms with Crippen LogP contribution in [0.2, 0.25) is 0 Å². The zero-order valence-corrected chi connectivity index (χ0v) is 10.7. The van der Waals surface area contributed by atoms with Crippen molar-refractivity contribution in [3.05, 3.63) is 0 Å². The Labute approximate surface area is 99.2 Å². The number of hydrogen-bond acceptors (Lipinski definition) is 2. The molecule has 16 heavy (non-hydrogen) atoms. The van der Waals surface area contributed by atoms with Gasteiger partial charge in [0.2, 0.25) is 5.91 Å². The first-order valence-corrected chi connectivity index (χ1v) is 6.68. The Bertz CT molecular complexity index is 218. The molecule has 3 nitrogen and oxygen atoms in total. The van der Waals surface area contributed by atoms with Gasteiger partial charge in [0.25, 0.3) is 0 Å². The number of rotatable bonds is 4. The molecule has 1 amide bonds. The zero-order valence-electron chi connectivity index (χ0n) is 10.7. The van der Waals surface area contributed by atoms with E-state index in [1.54, 1.807) is 0 Å². The molecule has 0 radical (unpaired) electrons. The van der Waals surface area contributed by atoms with Gasteiger partial charge >= 0.3 is 0 Å². The van der Waals surface area contributed by atoms with Crippen molar-refractivity contribution < 1.29 is 4.79 Å². The summed E-state index contributed by atoms with van der Waals surface area (Å²) in [5, 5.41) is 3.04. The molecule has 0 aliphatic heterocycles. The van der Waals surface area contributed by atoms with Gasteiger partial charge in [0, 0.05) is 12.6 Å². The van der Waals surface area contributed by atoms with Crippen LogP contribution >= 0.6 is 0 Å². The molecule has 3 atom stereocenters. The third-order valence-electron chi connectivity index (χ3n) is 3.73. The smallest absolute Gasteiger partial charge is 0.224 e. The summed E-state index contributed by atoms with van der Waals surface area (Å²) in [7, 11) is 0. The van der Waals surface area contributed by atoms with E-state index >= 15 is 0 Å². The van der Waals surface area contributed by atoms with E-state index in [0.29, 0.717) is 5.92 Å². The number of hydrogen-bond donors (Lipinski definition) is 2. The minimum atomic E-state index is 0.0477. The van der Waals surface area contributed by atoms with Gasteiger partial charge in [-0.2, -0.15) is 0 Å². The van der Waals surface area contributed by atoms with Crippen LogP contribution in [-0.4, -0.2) is 18.5 Å². The van der Waals surface area contributed by atoms with Gasteiger partial charge in [-0.25, -0.2) is 0 Å². The predicted molar refractivity (Wildman–Crippen MR) is 67.0 cm³/mol. The fourth-order valence-electron chi connectivity index (χ4n) is 2.21. The number of amides is 1. The first kappa shape index (κ1) is 13.5. The second kappa shape index (κ2) is 6.89. The summed E-state index contributed by atoms with van der Waals surface area (Å²) in [6.07, 6.45) is 6.63. The largest absolute Gasteiger partial charge is 0.356 e. The summed E-state index contributed by atoms with van der Waals surface area (Å²) in [5.74, 6) is 0.784. The summed E-state index contributed by atoms with van der Waals surface area (Å²) in [5.41, 5.74) is 6.06. The number of carbonyl (C=O) groups is 1. The van der Waals surface area contributed by atoms with Gasteiger partial charge in [-0.3, -0.25) is 4.79 Å². The van der Waals surface area contributed by atoms with Crippen molar-refractivity contribution in [2.45, 2.75) is 58.4 Å². The van der Waals surface area contributed by atoms with Crippen molar-refractivity contribution in [3.63, 3.8) is 0 Å². The third-order valence-corrected chi connectivity index (χ3v) is 3.73. The van der Waals surface area contributed by atoms with Gasteiger partial charge in [-0.15, -0.1) is 0 Å². The van der Waals surface area contributed by atoms with E-state index in [2.05, 4.69) is 19.2 Å². The molecule has 1 rings (SSSR count). The van der Waals surface area contributed by atoms with Crippen LogP contribution in [0.25, 0.3) is 0 Å². The molecule has 94 valence electrons. The Kier molecular flexibility index (Phi) is 5.81. The second-order valence-electron chi connectivity index (χ2n) is 5.17. The van der Waals surface area contributed by atoms with Crippen LogP contribution < -0.4 is 11.1 Å². The van der Waals surface area contributed by atoms with Crippen molar-refractivity contribution in [2.75, 3.05) is 6.54 Å². The summed E-state index contributed by atoms with van der Waals surface area (Å²) in [6.45, 7) is 5.10. The first-order chi connectivity index (χ1) is 7.65. The van der Waals surface area contributed by atoms with E-state index in [-0.39, 0.29) is 17.9 Å². The standard InChI is InChI=1S/C13H26N2O/c1-3-10(2)9-15-13(16)11-7-5-4-6-8-12(11)14/h10-12H,3-9,14H2,1-2H3,(H,15,16). The number of nitrogens with two attached hydrogens (primary N) is 1. The normalized spacial score (nSPS) is 28.2. The Hall–Kier alpha value is -0.570. The van der Waals surface area contributed by atoms with Gasteiger partial charge in [0.15, 0.2) is 0 Å². The van der Waals surface area contributed by atoms with Crippen LogP contribution in [0.15, 0.2) is 0 Å². The Balaban J connectivity index is 2.38. The van der Waals surface area contributed by atoms with Crippen LogP contribution in [0.4, 0.5) is 0 Å². The van der Waals surface area contributed by atoms with Gasteiger partial charge in [-0.05, 0) is 18.8 Å². The highest BCUT2D eigenvalue weighted by atomic mass is 16.1. The van der Waals surface area contributed by atoms with Crippen molar-refractivity contribution >= 4 is 5.91 Å². The molecule has 1 aliphatic rings. The van der Waals surface area contributed by atoms with E-state index in [9.17, 15) is 4.79 Å². The lowest BCUT2D eigenvalue weighted by atomic mass is 9.94. The van der Waals surface area contributed by atoms with E-state index < -0.39 is 0 Å². The highest BCUT2D eigenvalue weighted by Gasteiger charge is 2.26. The molecular weight excluding hydrogens is 200 g/mol. The monoisotopic (exact) mass is 226 g/mol. The molecule has 0 bridgehead atoms. The van der Waals surface area contributed by atoms with Gasteiger partial charge in [-0.1, -0.05) is 39.5 Å². The highest BCUT2D eigenvalue weighted by molar-refractivity contribution is 5.79. The quantitative estimate of drug-likeness (QED) is 0.721. The molecule has 1 fully saturated rings. The van der Waals surface area contributed by atoms with Gasteiger partial charge in [0.05, 0.1) is 5.92 Å². The van der Waals surface area contributed by atoms with Crippen LogP contribution in [-0.2, 0) is 4.79 Å². The summed E-state index contributed by atoms with van der Waals surface area (Å²) < 4.78 is 0. The SMILES string of the molecule is CCC(C)CNC(=O)C1CCCCCC1N. The fraction of sp³-hybridized carbons (Fsp3) is 0.923. The van der Waals surface area contributed by atoms with Crippen molar-refractivity contribution in [1.82, 2.24) is 5.32 Å². The molecule has 3 N–H and O–H groups in total. The molecule has 0 saturated heterocycles. The average Bonchev–Trinajstić information content (AvgIpc) is 2.50. The molecule has 0 spiro atoms. The molecule has 0 heterocycles. The fourth-order valence-corrected chi connectivity index (χ4v) is 2.21. The zero-order chi connectivity index (χ0) is 12.0. The third kappa shape index (κ3) is 4.12. The summed E-state index contributed by atoms with van der Waals surface area (Å²) in [6, 6.07) is 0.0689. The van der Waals surface area contributed by atoms with Gasteiger partial charge < -0.3 is 11.1 Å². The number of nitrogens with one attached hydrogen (secondary N) is 1. The topological polar surface area (TPSA) is 55.1 Å². The lowest BCUT2D eigenvalue weighted by Crippen LogP contribution is -2.42. The molecule has 1 aliphatic carbocycles. The van der Waals surface area contributed by atoms with Crippen molar-refractivity contribution in [2.24, 2.45) is 17.6 Å². The highest BCUT2D eigenvalue weighted by Crippen LogP contribution is 2.22. The maximum Gasteiger partial charge on any atom is 0.224 e. The van der Waals surface area contributed by atoms with E-state index in [4.69, 9.17) is 5.73 Å². The average molecular weight is 226 g/mol. The summed E-state index contributed by atoms with van der Waals surface area (Å²) >= 11 is 0. The molecular formula is C13H26N2O. The Morgan fingerprint density at radius 3 is 2.75 bits per heavy atom. The van der Waals surface area contributed by atoms with Crippen LogP contribution in [0.3, 0.4) is 0 Å². The Morgan fingerprint density at radius 1 is 1.38 bits per heavy atom. The van der Waals surface area contributed by atoms with Crippen LogP contribution in [0, 0.1) is 11.8 Å².